The zero-order chi connectivity index (χ0) is 8.81. The molecule has 0 aromatic heterocycles. The molecule has 0 aromatic rings. The first-order chi connectivity index (χ1) is 5.84. The van der Waals surface area contributed by atoms with E-state index in [0.29, 0.717) is 6.42 Å². The van der Waals surface area contributed by atoms with E-state index in [1.54, 1.807) is 0 Å². The molecule has 0 unspecified atom stereocenters. The summed E-state index contributed by atoms with van der Waals surface area (Å²) >= 11 is 0. The summed E-state index contributed by atoms with van der Waals surface area (Å²) in [6.07, 6.45) is 12.3. The largest absolute Gasteiger partial charge is 0.294 e. The zero-order valence-electron chi connectivity index (χ0n) is 7.42. The smallest absolute Gasteiger partial charge is 0.162 e. The van der Waals surface area contributed by atoms with Gasteiger partial charge in [-0.2, -0.15) is 0 Å². The molecule has 1 rings (SSSR count). The van der Waals surface area contributed by atoms with Crippen LogP contribution in [0.2, 0.25) is 0 Å². The van der Waals surface area contributed by atoms with Gasteiger partial charge in [-0.1, -0.05) is 37.3 Å². The molecule has 1 aliphatic carbocycles. The monoisotopic (exact) mass is 162 g/mol. The van der Waals surface area contributed by atoms with Crippen molar-refractivity contribution in [2.75, 3.05) is 0 Å². The van der Waals surface area contributed by atoms with Crippen molar-refractivity contribution in [3.63, 3.8) is 0 Å². The first-order valence-corrected chi connectivity index (χ1v) is 4.41. The molecule has 0 aliphatic heterocycles. The maximum Gasteiger partial charge on any atom is 0.162 e. The molecule has 64 valence electrons. The van der Waals surface area contributed by atoms with Crippen LogP contribution in [0.25, 0.3) is 0 Å². The molecule has 0 spiro atoms. The van der Waals surface area contributed by atoms with Crippen molar-refractivity contribution in [3.8, 4) is 0 Å². The van der Waals surface area contributed by atoms with Crippen molar-refractivity contribution in [2.45, 2.75) is 26.2 Å². The topological polar surface area (TPSA) is 17.1 Å². The summed E-state index contributed by atoms with van der Waals surface area (Å²) in [5.41, 5.74) is 0.863. The number of allylic oxidation sites excluding steroid dienone is 6. The molecular formula is C11H14O. The minimum Gasteiger partial charge on any atom is -0.294 e. The fourth-order valence-corrected chi connectivity index (χ4v) is 1.16. The molecular weight excluding hydrogens is 148 g/mol. The van der Waals surface area contributed by atoms with Crippen molar-refractivity contribution in [3.05, 3.63) is 36.0 Å². The molecule has 0 saturated carbocycles. The van der Waals surface area contributed by atoms with E-state index < -0.39 is 0 Å². The molecule has 1 nitrogen and oxygen atoms in total. The molecule has 0 bridgehead atoms. The van der Waals surface area contributed by atoms with Crippen molar-refractivity contribution in [1.29, 1.82) is 0 Å². The standard InChI is InChI=1S/C11H14O/c1-2-7-11(12)10-8-5-3-4-6-9-10/h3-5,8-9H,2,6-7H2,1H3. The summed E-state index contributed by atoms with van der Waals surface area (Å²) in [6.45, 7) is 2.02. The number of rotatable bonds is 3. The highest BCUT2D eigenvalue weighted by molar-refractivity contribution is 5.98. The van der Waals surface area contributed by atoms with Gasteiger partial charge in [0.1, 0.15) is 0 Å². The lowest BCUT2D eigenvalue weighted by atomic mass is 10.1. The van der Waals surface area contributed by atoms with E-state index in [9.17, 15) is 4.79 Å². The van der Waals surface area contributed by atoms with Crippen molar-refractivity contribution < 1.29 is 4.79 Å². The van der Waals surface area contributed by atoms with Gasteiger partial charge in [0, 0.05) is 12.0 Å². The quantitative estimate of drug-likeness (QED) is 0.623. The van der Waals surface area contributed by atoms with E-state index in [-0.39, 0.29) is 5.78 Å². The maximum absolute atomic E-state index is 11.4. The van der Waals surface area contributed by atoms with Crippen molar-refractivity contribution >= 4 is 5.78 Å². The summed E-state index contributed by atoms with van der Waals surface area (Å²) in [6, 6.07) is 0. The number of ketones is 1. The lowest BCUT2D eigenvalue weighted by molar-refractivity contribution is -0.115. The van der Waals surface area contributed by atoms with Gasteiger partial charge in [-0.15, -0.1) is 0 Å². The molecule has 0 N–H and O–H groups in total. The Balaban J connectivity index is 2.62. The molecule has 0 aromatic carbocycles. The third kappa shape index (κ3) is 2.50. The van der Waals surface area contributed by atoms with Gasteiger partial charge < -0.3 is 0 Å². The zero-order valence-corrected chi connectivity index (χ0v) is 7.42. The van der Waals surface area contributed by atoms with Crippen LogP contribution in [0, 0.1) is 0 Å². The normalized spacial score (nSPS) is 15.6. The fraction of sp³-hybridized carbons (Fsp3) is 0.364. The summed E-state index contributed by atoms with van der Waals surface area (Å²) in [4.78, 5) is 11.4. The van der Waals surface area contributed by atoms with Gasteiger partial charge >= 0.3 is 0 Å². The van der Waals surface area contributed by atoms with Crippen LogP contribution in [0.3, 0.4) is 0 Å². The maximum atomic E-state index is 11.4. The lowest BCUT2D eigenvalue weighted by Gasteiger charge is -1.97. The third-order valence-corrected chi connectivity index (χ3v) is 1.80. The molecule has 0 atom stereocenters. The minimum absolute atomic E-state index is 0.262. The van der Waals surface area contributed by atoms with Crippen LogP contribution < -0.4 is 0 Å². The Morgan fingerprint density at radius 3 is 3.08 bits per heavy atom. The summed E-state index contributed by atoms with van der Waals surface area (Å²) < 4.78 is 0. The lowest BCUT2D eigenvalue weighted by Crippen LogP contribution is -1.98. The van der Waals surface area contributed by atoms with Crippen molar-refractivity contribution in [2.24, 2.45) is 0 Å². The second-order valence-corrected chi connectivity index (χ2v) is 2.86. The van der Waals surface area contributed by atoms with Crippen molar-refractivity contribution in [1.82, 2.24) is 0 Å². The van der Waals surface area contributed by atoms with Gasteiger partial charge in [0.2, 0.25) is 0 Å². The van der Waals surface area contributed by atoms with Crippen LogP contribution in [0.1, 0.15) is 26.2 Å². The molecule has 0 saturated heterocycles. The van der Waals surface area contributed by atoms with Gasteiger partial charge in [-0.3, -0.25) is 4.79 Å². The highest BCUT2D eigenvalue weighted by Gasteiger charge is 2.04. The van der Waals surface area contributed by atoms with E-state index in [2.05, 4.69) is 0 Å². The Morgan fingerprint density at radius 2 is 2.33 bits per heavy atom. The van der Waals surface area contributed by atoms with E-state index in [0.717, 1.165) is 18.4 Å². The highest BCUT2D eigenvalue weighted by Crippen LogP contribution is 2.09. The van der Waals surface area contributed by atoms with E-state index in [4.69, 9.17) is 0 Å². The summed E-state index contributed by atoms with van der Waals surface area (Å²) in [7, 11) is 0. The molecule has 1 heteroatoms. The Kier molecular flexibility index (Phi) is 3.52. The molecule has 0 amide bonds. The fourth-order valence-electron chi connectivity index (χ4n) is 1.16. The van der Waals surface area contributed by atoms with Crippen LogP contribution in [0.15, 0.2) is 36.0 Å². The summed E-state index contributed by atoms with van der Waals surface area (Å²) in [5, 5.41) is 0. The molecule has 0 heterocycles. The van der Waals surface area contributed by atoms with Crippen LogP contribution >= 0.6 is 0 Å². The number of Topliss-reactive ketones (excluding diaryl/α,β-unsaturated/α-hetero) is 1. The van der Waals surface area contributed by atoms with Gasteiger partial charge in [-0.25, -0.2) is 0 Å². The Bertz CT molecular complexity index is 244. The number of hydrogen-bond acceptors (Lipinski definition) is 1. The van der Waals surface area contributed by atoms with Gasteiger partial charge in [0.15, 0.2) is 5.78 Å². The highest BCUT2D eigenvalue weighted by atomic mass is 16.1. The Labute approximate surface area is 73.5 Å². The third-order valence-electron chi connectivity index (χ3n) is 1.80. The SMILES string of the molecule is CCCC(=O)C1=CCC=CC=C1. The van der Waals surface area contributed by atoms with Gasteiger partial charge in [0.05, 0.1) is 0 Å². The predicted octanol–water partition coefficient (Wildman–Crippen LogP) is 2.80. The average Bonchev–Trinajstić information content (AvgIpc) is 2.32. The first kappa shape index (κ1) is 8.98. The Hall–Kier alpha value is -1.11. The van der Waals surface area contributed by atoms with Gasteiger partial charge in [-0.05, 0) is 12.8 Å². The van der Waals surface area contributed by atoms with Gasteiger partial charge in [0.25, 0.3) is 0 Å². The van der Waals surface area contributed by atoms with E-state index in [1.807, 2.05) is 37.3 Å². The molecule has 1 aliphatic rings. The number of carbonyl (C=O) groups excluding carboxylic acids is 1. The van der Waals surface area contributed by atoms with Crippen LogP contribution in [0.4, 0.5) is 0 Å². The minimum atomic E-state index is 0.262. The van der Waals surface area contributed by atoms with Crippen LogP contribution in [-0.2, 0) is 4.79 Å². The summed E-state index contributed by atoms with van der Waals surface area (Å²) in [5.74, 6) is 0.262. The second kappa shape index (κ2) is 4.70. The van der Waals surface area contributed by atoms with E-state index in [1.165, 1.54) is 0 Å². The molecule has 12 heavy (non-hydrogen) atoms. The predicted molar refractivity (Wildman–Crippen MR) is 50.9 cm³/mol. The number of hydrogen-bond donors (Lipinski definition) is 0. The van der Waals surface area contributed by atoms with Crippen LogP contribution in [-0.4, -0.2) is 5.78 Å². The molecule has 0 fully saturated rings. The Morgan fingerprint density at radius 1 is 1.50 bits per heavy atom. The van der Waals surface area contributed by atoms with E-state index >= 15 is 0 Å². The number of carbonyl (C=O) groups is 1. The first-order valence-electron chi connectivity index (χ1n) is 4.41. The molecule has 0 radical (unpaired) electrons. The second-order valence-electron chi connectivity index (χ2n) is 2.86. The van der Waals surface area contributed by atoms with Crippen LogP contribution in [0.5, 0.6) is 0 Å². The average molecular weight is 162 g/mol.